The first-order valence-corrected chi connectivity index (χ1v) is 4.67. The molecule has 2 N–H and O–H groups in total. The lowest BCUT2D eigenvalue weighted by molar-refractivity contribution is -0.121. The zero-order chi connectivity index (χ0) is 10.7. The molecule has 1 aromatic rings. The van der Waals surface area contributed by atoms with Gasteiger partial charge >= 0.3 is 0 Å². The Kier molecular flexibility index (Phi) is 3.25. The van der Waals surface area contributed by atoms with Gasteiger partial charge in [0.2, 0.25) is 5.91 Å². The number of carbonyl (C=O) groups excluding carboxylic acids is 1. The van der Waals surface area contributed by atoms with E-state index < -0.39 is 0 Å². The van der Waals surface area contributed by atoms with Crippen LogP contribution in [0.4, 0.5) is 5.69 Å². The van der Waals surface area contributed by atoms with Crippen LogP contribution in [0.2, 0.25) is 0 Å². The monoisotopic (exact) mass is 192 g/mol. The quantitative estimate of drug-likeness (QED) is 0.441. The standard InChI is InChI=1S/C11H16N2O/c1-8(2)11(14)13(12)10-6-4-9(3)5-7-10/h4-8H,12H2,1-3H3. The van der Waals surface area contributed by atoms with Crippen molar-refractivity contribution < 1.29 is 4.79 Å². The molecule has 0 aliphatic heterocycles. The minimum Gasteiger partial charge on any atom is -0.273 e. The molecule has 1 rings (SSSR count). The number of carbonyl (C=O) groups is 1. The van der Waals surface area contributed by atoms with Crippen LogP contribution in [0.15, 0.2) is 24.3 Å². The van der Waals surface area contributed by atoms with Crippen LogP contribution in [0, 0.1) is 12.8 Å². The van der Waals surface area contributed by atoms with E-state index in [1.54, 1.807) is 0 Å². The second kappa shape index (κ2) is 4.24. The first-order chi connectivity index (χ1) is 6.52. The molecule has 0 radical (unpaired) electrons. The second-order valence-electron chi connectivity index (χ2n) is 3.70. The van der Waals surface area contributed by atoms with E-state index in [2.05, 4.69) is 0 Å². The fraction of sp³-hybridized carbons (Fsp3) is 0.364. The predicted molar refractivity (Wildman–Crippen MR) is 57.7 cm³/mol. The molecule has 0 aliphatic rings. The number of hydrazine groups is 1. The van der Waals surface area contributed by atoms with Gasteiger partial charge in [0.05, 0.1) is 5.69 Å². The maximum absolute atomic E-state index is 11.5. The highest BCUT2D eigenvalue weighted by Crippen LogP contribution is 2.13. The predicted octanol–water partition coefficient (Wildman–Crippen LogP) is 1.86. The van der Waals surface area contributed by atoms with Crippen LogP contribution in [0.25, 0.3) is 0 Å². The van der Waals surface area contributed by atoms with E-state index in [1.165, 1.54) is 5.01 Å². The van der Waals surface area contributed by atoms with Gasteiger partial charge < -0.3 is 0 Å². The van der Waals surface area contributed by atoms with Crippen molar-refractivity contribution in [1.82, 2.24) is 0 Å². The Bertz CT molecular complexity index is 317. The van der Waals surface area contributed by atoms with Crippen molar-refractivity contribution >= 4 is 11.6 Å². The molecule has 0 heterocycles. The number of hydrogen-bond donors (Lipinski definition) is 1. The van der Waals surface area contributed by atoms with E-state index >= 15 is 0 Å². The molecule has 0 unspecified atom stereocenters. The highest BCUT2D eigenvalue weighted by molar-refractivity contribution is 5.93. The summed E-state index contributed by atoms with van der Waals surface area (Å²) in [5.74, 6) is 5.52. The molecule has 0 spiro atoms. The highest BCUT2D eigenvalue weighted by atomic mass is 16.2. The molecule has 0 atom stereocenters. The van der Waals surface area contributed by atoms with E-state index in [4.69, 9.17) is 5.84 Å². The Morgan fingerprint density at radius 3 is 2.21 bits per heavy atom. The normalized spacial score (nSPS) is 10.4. The summed E-state index contributed by atoms with van der Waals surface area (Å²) >= 11 is 0. The minimum absolute atomic E-state index is 0.0751. The van der Waals surface area contributed by atoms with E-state index in [-0.39, 0.29) is 11.8 Å². The molecule has 0 aromatic heterocycles. The van der Waals surface area contributed by atoms with Crippen molar-refractivity contribution in [2.75, 3.05) is 5.01 Å². The average molecular weight is 192 g/mol. The van der Waals surface area contributed by atoms with Gasteiger partial charge in [-0.05, 0) is 19.1 Å². The number of benzene rings is 1. The Morgan fingerprint density at radius 1 is 1.29 bits per heavy atom. The molecule has 3 nitrogen and oxygen atoms in total. The van der Waals surface area contributed by atoms with Gasteiger partial charge in [0.1, 0.15) is 0 Å². The van der Waals surface area contributed by atoms with Crippen molar-refractivity contribution in [3.05, 3.63) is 29.8 Å². The van der Waals surface area contributed by atoms with E-state index in [9.17, 15) is 4.79 Å². The topological polar surface area (TPSA) is 46.3 Å². The van der Waals surface area contributed by atoms with Crippen LogP contribution >= 0.6 is 0 Å². The largest absolute Gasteiger partial charge is 0.273 e. The van der Waals surface area contributed by atoms with Crippen LogP contribution in [0.3, 0.4) is 0 Å². The fourth-order valence-electron chi connectivity index (χ4n) is 1.11. The molecular weight excluding hydrogens is 176 g/mol. The van der Waals surface area contributed by atoms with Gasteiger partial charge in [-0.3, -0.25) is 4.79 Å². The van der Waals surface area contributed by atoms with Crippen molar-refractivity contribution in [2.24, 2.45) is 11.8 Å². The molecule has 0 fully saturated rings. The van der Waals surface area contributed by atoms with Crippen molar-refractivity contribution in [3.63, 3.8) is 0 Å². The number of amides is 1. The second-order valence-corrected chi connectivity index (χ2v) is 3.70. The smallest absolute Gasteiger partial charge is 0.243 e. The third kappa shape index (κ3) is 2.33. The Balaban J connectivity index is 2.84. The molecule has 76 valence electrons. The lowest BCUT2D eigenvalue weighted by Crippen LogP contribution is -2.40. The number of aryl methyl sites for hydroxylation is 1. The Morgan fingerprint density at radius 2 is 1.79 bits per heavy atom. The van der Waals surface area contributed by atoms with Crippen LogP contribution in [-0.4, -0.2) is 5.91 Å². The van der Waals surface area contributed by atoms with Crippen LogP contribution in [-0.2, 0) is 4.79 Å². The summed E-state index contributed by atoms with van der Waals surface area (Å²) in [6.07, 6.45) is 0. The number of anilines is 1. The first kappa shape index (κ1) is 10.7. The molecule has 3 heteroatoms. The third-order valence-corrected chi connectivity index (χ3v) is 2.04. The van der Waals surface area contributed by atoms with Gasteiger partial charge in [-0.25, -0.2) is 10.9 Å². The van der Waals surface area contributed by atoms with E-state index in [0.29, 0.717) is 0 Å². The summed E-state index contributed by atoms with van der Waals surface area (Å²) in [6.45, 7) is 5.65. The first-order valence-electron chi connectivity index (χ1n) is 4.67. The number of hydrogen-bond acceptors (Lipinski definition) is 2. The van der Waals surface area contributed by atoms with Gasteiger partial charge in [0, 0.05) is 5.92 Å². The van der Waals surface area contributed by atoms with Gasteiger partial charge in [-0.1, -0.05) is 31.5 Å². The molecule has 0 saturated carbocycles. The SMILES string of the molecule is Cc1ccc(N(N)C(=O)C(C)C)cc1. The van der Waals surface area contributed by atoms with Crippen LogP contribution < -0.4 is 10.9 Å². The molecular formula is C11H16N2O. The molecule has 14 heavy (non-hydrogen) atoms. The molecule has 0 aliphatic carbocycles. The number of rotatable bonds is 2. The number of nitrogens with zero attached hydrogens (tertiary/aromatic N) is 1. The number of nitrogens with two attached hydrogens (primary N) is 1. The van der Waals surface area contributed by atoms with Crippen molar-refractivity contribution in [3.8, 4) is 0 Å². The van der Waals surface area contributed by atoms with E-state index in [0.717, 1.165) is 11.3 Å². The lowest BCUT2D eigenvalue weighted by atomic mass is 10.2. The molecule has 0 bridgehead atoms. The summed E-state index contributed by atoms with van der Waals surface area (Å²) in [5, 5.41) is 1.20. The Hall–Kier alpha value is -1.35. The zero-order valence-electron chi connectivity index (χ0n) is 8.82. The summed E-state index contributed by atoms with van der Waals surface area (Å²) < 4.78 is 0. The van der Waals surface area contributed by atoms with Gasteiger partial charge in [-0.2, -0.15) is 0 Å². The summed E-state index contributed by atoms with van der Waals surface area (Å²) in [6, 6.07) is 7.55. The van der Waals surface area contributed by atoms with E-state index in [1.807, 2.05) is 45.0 Å². The fourth-order valence-corrected chi connectivity index (χ4v) is 1.11. The summed E-state index contributed by atoms with van der Waals surface area (Å²) in [7, 11) is 0. The lowest BCUT2D eigenvalue weighted by Gasteiger charge is -2.18. The van der Waals surface area contributed by atoms with Crippen molar-refractivity contribution in [2.45, 2.75) is 20.8 Å². The average Bonchev–Trinajstić information content (AvgIpc) is 2.16. The van der Waals surface area contributed by atoms with Crippen molar-refractivity contribution in [1.29, 1.82) is 0 Å². The molecule has 1 amide bonds. The Labute approximate surface area is 84.5 Å². The highest BCUT2D eigenvalue weighted by Gasteiger charge is 2.14. The molecule has 1 aromatic carbocycles. The van der Waals surface area contributed by atoms with Gasteiger partial charge in [0.15, 0.2) is 0 Å². The van der Waals surface area contributed by atoms with Gasteiger partial charge in [0.25, 0.3) is 0 Å². The van der Waals surface area contributed by atoms with Gasteiger partial charge in [-0.15, -0.1) is 0 Å². The van der Waals surface area contributed by atoms with Crippen LogP contribution in [0.1, 0.15) is 19.4 Å². The maximum Gasteiger partial charge on any atom is 0.243 e. The zero-order valence-corrected chi connectivity index (χ0v) is 8.82. The maximum atomic E-state index is 11.5. The van der Waals surface area contributed by atoms with Crippen LogP contribution in [0.5, 0.6) is 0 Å². The summed E-state index contributed by atoms with van der Waals surface area (Å²) in [4.78, 5) is 11.5. The molecule has 0 saturated heterocycles. The third-order valence-electron chi connectivity index (χ3n) is 2.04. The minimum atomic E-state index is -0.0821. The summed E-state index contributed by atoms with van der Waals surface area (Å²) in [5.41, 5.74) is 1.88.